The Kier molecular flexibility index (Phi) is 3.76. The summed E-state index contributed by atoms with van der Waals surface area (Å²) < 4.78 is 14.0. The Morgan fingerprint density at radius 1 is 1.29 bits per heavy atom. The number of carbonyl (C=O) groups excluding carboxylic acids is 2. The number of fused-ring (bicyclic) bond motifs is 1. The van der Waals surface area contributed by atoms with Gasteiger partial charge in [0.25, 0.3) is 0 Å². The molecule has 21 heavy (non-hydrogen) atoms. The van der Waals surface area contributed by atoms with Crippen molar-refractivity contribution in [1.29, 1.82) is 0 Å². The fourth-order valence-corrected chi connectivity index (χ4v) is 2.96. The predicted molar refractivity (Wildman–Crippen MR) is 75.8 cm³/mol. The second kappa shape index (κ2) is 5.56. The molecule has 4 nitrogen and oxygen atoms in total. The SMILES string of the molecule is CCCNC(CN1C(=O)C2CC2C1=O)c1ccccc1F. The molecular weight excluding hydrogens is 271 g/mol. The summed E-state index contributed by atoms with van der Waals surface area (Å²) in [4.78, 5) is 25.4. The van der Waals surface area contributed by atoms with Crippen molar-refractivity contribution in [3.05, 3.63) is 35.6 Å². The van der Waals surface area contributed by atoms with Crippen molar-refractivity contribution in [3.63, 3.8) is 0 Å². The molecule has 1 N–H and O–H groups in total. The quantitative estimate of drug-likeness (QED) is 0.814. The standard InChI is InChI=1S/C16H19FN2O2/c1-2-7-18-14(10-5-3-4-6-13(10)17)9-19-15(20)11-8-12(11)16(19)21/h3-6,11-12,14,18H,2,7-9H2,1H3. The molecule has 1 aromatic rings. The van der Waals surface area contributed by atoms with Crippen molar-refractivity contribution in [2.75, 3.05) is 13.1 Å². The lowest BCUT2D eigenvalue weighted by Gasteiger charge is -2.25. The van der Waals surface area contributed by atoms with E-state index in [9.17, 15) is 14.0 Å². The van der Waals surface area contributed by atoms with Crippen LogP contribution in [0.25, 0.3) is 0 Å². The summed E-state index contributed by atoms with van der Waals surface area (Å²) in [6, 6.07) is 6.16. The highest BCUT2D eigenvalue weighted by atomic mass is 19.1. The van der Waals surface area contributed by atoms with Crippen molar-refractivity contribution in [2.24, 2.45) is 11.8 Å². The molecule has 1 aromatic carbocycles. The van der Waals surface area contributed by atoms with Gasteiger partial charge in [-0.3, -0.25) is 14.5 Å². The van der Waals surface area contributed by atoms with Gasteiger partial charge in [-0.15, -0.1) is 0 Å². The van der Waals surface area contributed by atoms with E-state index in [1.807, 2.05) is 6.92 Å². The first-order chi connectivity index (χ1) is 10.1. The second-order valence-electron chi connectivity index (χ2n) is 5.76. The number of imide groups is 1. The first-order valence-corrected chi connectivity index (χ1v) is 7.46. The van der Waals surface area contributed by atoms with Crippen LogP contribution in [-0.2, 0) is 9.59 Å². The van der Waals surface area contributed by atoms with E-state index in [0.717, 1.165) is 6.42 Å². The topological polar surface area (TPSA) is 49.4 Å². The predicted octanol–water partition coefficient (Wildman–Crippen LogP) is 1.87. The van der Waals surface area contributed by atoms with Crippen molar-refractivity contribution in [2.45, 2.75) is 25.8 Å². The zero-order chi connectivity index (χ0) is 15.0. The second-order valence-corrected chi connectivity index (χ2v) is 5.76. The largest absolute Gasteiger partial charge is 0.308 e. The summed E-state index contributed by atoms with van der Waals surface area (Å²) >= 11 is 0. The summed E-state index contributed by atoms with van der Waals surface area (Å²) in [7, 11) is 0. The third-order valence-electron chi connectivity index (χ3n) is 4.24. The van der Waals surface area contributed by atoms with Gasteiger partial charge < -0.3 is 5.32 Å². The third kappa shape index (κ3) is 2.58. The molecule has 1 aliphatic heterocycles. The molecule has 0 spiro atoms. The lowest BCUT2D eigenvalue weighted by atomic mass is 10.1. The van der Waals surface area contributed by atoms with Crippen LogP contribution in [0.15, 0.2) is 24.3 Å². The minimum Gasteiger partial charge on any atom is -0.308 e. The number of amides is 2. The zero-order valence-electron chi connectivity index (χ0n) is 12.0. The molecule has 2 amide bonds. The monoisotopic (exact) mass is 290 g/mol. The minimum atomic E-state index is -0.350. The van der Waals surface area contributed by atoms with Crippen LogP contribution in [0, 0.1) is 17.7 Å². The minimum absolute atomic E-state index is 0.0929. The maximum absolute atomic E-state index is 14.0. The van der Waals surface area contributed by atoms with E-state index in [2.05, 4.69) is 5.32 Å². The smallest absolute Gasteiger partial charge is 0.233 e. The number of benzene rings is 1. The lowest BCUT2D eigenvalue weighted by Crippen LogP contribution is -2.40. The maximum atomic E-state index is 14.0. The van der Waals surface area contributed by atoms with Gasteiger partial charge in [-0.2, -0.15) is 0 Å². The van der Waals surface area contributed by atoms with E-state index in [-0.39, 0.29) is 42.1 Å². The molecule has 112 valence electrons. The molecule has 3 atom stereocenters. The molecule has 5 heteroatoms. The number of nitrogens with one attached hydrogen (secondary N) is 1. The van der Waals surface area contributed by atoms with Crippen LogP contribution in [0.5, 0.6) is 0 Å². The molecular formula is C16H19FN2O2. The maximum Gasteiger partial charge on any atom is 0.233 e. The molecule has 1 saturated carbocycles. The third-order valence-corrected chi connectivity index (χ3v) is 4.24. The average Bonchev–Trinajstić information content (AvgIpc) is 3.23. The summed E-state index contributed by atoms with van der Waals surface area (Å²) in [5, 5.41) is 3.24. The van der Waals surface area contributed by atoms with Gasteiger partial charge in [0, 0.05) is 12.1 Å². The van der Waals surface area contributed by atoms with Gasteiger partial charge in [-0.25, -0.2) is 4.39 Å². The van der Waals surface area contributed by atoms with Crippen LogP contribution in [-0.4, -0.2) is 29.8 Å². The molecule has 2 aliphatic rings. The van der Waals surface area contributed by atoms with Crippen molar-refractivity contribution < 1.29 is 14.0 Å². The number of piperidine rings is 1. The van der Waals surface area contributed by atoms with Crippen LogP contribution in [0.3, 0.4) is 0 Å². The summed E-state index contributed by atoms with van der Waals surface area (Å²) in [5.74, 6) is -0.709. The first-order valence-electron chi connectivity index (χ1n) is 7.46. The highest BCUT2D eigenvalue weighted by Crippen LogP contribution is 2.47. The van der Waals surface area contributed by atoms with Gasteiger partial charge in [-0.05, 0) is 25.5 Å². The Balaban J connectivity index is 1.78. The van der Waals surface area contributed by atoms with Crippen LogP contribution in [0.1, 0.15) is 31.4 Å². The molecule has 3 rings (SSSR count). The normalized spacial score (nSPS) is 25.1. The van der Waals surface area contributed by atoms with Gasteiger partial charge in [-0.1, -0.05) is 25.1 Å². The van der Waals surface area contributed by atoms with E-state index in [1.54, 1.807) is 18.2 Å². The van der Waals surface area contributed by atoms with E-state index in [4.69, 9.17) is 0 Å². The lowest BCUT2D eigenvalue weighted by molar-refractivity contribution is -0.141. The fraction of sp³-hybridized carbons (Fsp3) is 0.500. The molecule has 0 radical (unpaired) electrons. The van der Waals surface area contributed by atoms with Crippen LogP contribution in [0.4, 0.5) is 4.39 Å². The average molecular weight is 290 g/mol. The molecule has 3 unspecified atom stereocenters. The Hall–Kier alpha value is -1.75. The van der Waals surface area contributed by atoms with Gasteiger partial charge in [0.2, 0.25) is 11.8 Å². The first kappa shape index (κ1) is 14.2. The number of halogens is 1. The van der Waals surface area contributed by atoms with Crippen molar-refractivity contribution in [3.8, 4) is 0 Å². The van der Waals surface area contributed by atoms with E-state index in [0.29, 0.717) is 18.5 Å². The number of rotatable bonds is 6. The van der Waals surface area contributed by atoms with E-state index >= 15 is 0 Å². The van der Waals surface area contributed by atoms with Crippen LogP contribution in [0.2, 0.25) is 0 Å². The van der Waals surface area contributed by atoms with Gasteiger partial charge >= 0.3 is 0 Å². The summed E-state index contributed by atoms with van der Waals surface area (Å²) in [6.07, 6.45) is 1.60. The van der Waals surface area contributed by atoms with Crippen LogP contribution >= 0.6 is 0 Å². The molecule has 1 heterocycles. The van der Waals surface area contributed by atoms with Gasteiger partial charge in [0.05, 0.1) is 17.9 Å². The Labute approximate surface area is 123 Å². The molecule has 1 saturated heterocycles. The highest BCUT2D eigenvalue weighted by Gasteiger charge is 2.58. The number of likely N-dealkylation sites (tertiary alicyclic amines) is 1. The van der Waals surface area contributed by atoms with Gasteiger partial charge in [0.15, 0.2) is 0 Å². The summed E-state index contributed by atoms with van der Waals surface area (Å²) in [6.45, 7) is 2.94. The van der Waals surface area contributed by atoms with Crippen molar-refractivity contribution >= 4 is 11.8 Å². The Morgan fingerprint density at radius 3 is 2.57 bits per heavy atom. The molecule has 2 fully saturated rings. The number of hydrogen-bond acceptors (Lipinski definition) is 3. The fourth-order valence-electron chi connectivity index (χ4n) is 2.96. The number of nitrogens with zero attached hydrogens (tertiary/aromatic N) is 1. The summed E-state index contributed by atoms with van der Waals surface area (Å²) in [5.41, 5.74) is 0.507. The molecule has 0 bridgehead atoms. The van der Waals surface area contributed by atoms with E-state index < -0.39 is 0 Å². The Bertz CT molecular complexity index is 555. The van der Waals surface area contributed by atoms with Crippen molar-refractivity contribution in [1.82, 2.24) is 10.2 Å². The highest BCUT2D eigenvalue weighted by molar-refractivity contribution is 6.08. The number of carbonyl (C=O) groups is 2. The van der Waals surface area contributed by atoms with Gasteiger partial charge in [0.1, 0.15) is 5.82 Å². The zero-order valence-corrected chi connectivity index (χ0v) is 12.0. The number of hydrogen-bond donors (Lipinski definition) is 1. The van der Waals surface area contributed by atoms with E-state index in [1.165, 1.54) is 11.0 Å². The molecule has 0 aromatic heterocycles. The van der Waals surface area contributed by atoms with Crippen LogP contribution < -0.4 is 5.32 Å². The molecule has 1 aliphatic carbocycles. The Morgan fingerprint density at radius 2 is 1.95 bits per heavy atom.